The summed E-state index contributed by atoms with van der Waals surface area (Å²) in [5.41, 5.74) is 0. The highest BCUT2D eigenvalue weighted by Gasteiger charge is 1.95. The molecule has 0 heterocycles. The van der Waals surface area contributed by atoms with Crippen molar-refractivity contribution in [3.63, 3.8) is 0 Å². The van der Waals surface area contributed by atoms with Crippen LogP contribution in [0.5, 0.6) is 0 Å². The summed E-state index contributed by atoms with van der Waals surface area (Å²) < 4.78 is 0. The maximum atomic E-state index is 10.1. The Morgan fingerprint density at radius 3 is 1.92 bits per heavy atom. The standard InChI is InChI=1S/C10H20O2.Mg.2H/c1-2-3-4-5-6-7-8-9-10(11)12;;;/h2-9H2,1H3,(H,11,12);;;. The molecule has 0 saturated carbocycles. The number of carbonyl (C=O) groups is 1. The van der Waals surface area contributed by atoms with Gasteiger partial charge in [0.15, 0.2) is 0 Å². The van der Waals surface area contributed by atoms with Crippen LogP contribution >= 0.6 is 0 Å². The third-order valence-corrected chi connectivity index (χ3v) is 1.99. The van der Waals surface area contributed by atoms with Gasteiger partial charge in [-0.1, -0.05) is 45.4 Å². The Balaban J connectivity index is 0. The Morgan fingerprint density at radius 1 is 1.00 bits per heavy atom. The summed E-state index contributed by atoms with van der Waals surface area (Å²) in [7, 11) is 0. The van der Waals surface area contributed by atoms with Crippen LogP contribution in [-0.2, 0) is 4.79 Å². The van der Waals surface area contributed by atoms with Crippen molar-refractivity contribution < 1.29 is 9.90 Å². The van der Waals surface area contributed by atoms with Crippen molar-refractivity contribution in [3.05, 3.63) is 0 Å². The quantitative estimate of drug-likeness (QED) is 0.480. The van der Waals surface area contributed by atoms with Crippen molar-refractivity contribution in [3.8, 4) is 0 Å². The second kappa shape index (κ2) is 12.2. The van der Waals surface area contributed by atoms with Crippen LogP contribution < -0.4 is 0 Å². The van der Waals surface area contributed by atoms with E-state index in [4.69, 9.17) is 5.11 Å². The molecule has 2 nitrogen and oxygen atoms in total. The monoisotopic (exact) mass is 198 g/mol. The Bertz CT molecular complexity index is 115. The average molecular weight is 199 g/mol. The molecule has 0 aromatic carbocycles. The molecule has 0 aromatic heterocycles. The summed E-state index contributed by atoms with van der Waals surface area (Å²) in [5.74, 6) is -0.663. The summed E-state index contributed by atoms with van der Waals surface area (Å²) >= 11 is 0. The summed E-state index contributed by atoms with van der Waals surface area (Å²) in [4.78, 5) is 10.1. The summed E-state index contributed by atoms with van der Waals surface area (Å²) in [6.07, 6.45) is 8.64. The van der Waals surface area contributed by atoms with Crippen molar-refractivity contribution >= 4 is 29.0 Å². The molecule has 0 saturated heterocycles. The van der Waals surface area contributed by atoms with Crippen LogP contribution in [0.15, 0.2) is 0 Å². The van der Waals surface area contributed by atoms with Crippen LogP contribution in [0.4, 0.5) is 0 Å². The summed E-state index contributed by atoms with van der Waals surface area (Å²) in [6.45, 7) is 2.20. The van der Waals surface area contributed by atoms with E-state index in [9.17, 15) is 4.79 Å². The number of carboxylic acid groups (broad SMARTS) is 1. The van der Waals surface area contributed by atoms with Gasteiger partial charge in [-0.05, 0) is 6.42 Å². The minimum absolute atomic E-state index is 0. The first-order chi connectivity index (χ1) is 5.77. The number of aliphatic carboxylic acids is 1. The Morgan fingerprint density at radius 2 is 1.46 bits per heavy atom. The van der Waals surface area contributed by atoms with Gasteiger partial charge in [-0.3, -0.25) is 4.79 Å². The molecule has 1 N–H and O–H groups in total. The van der Waals surface area contributed by atoms with Gasteiger partial charge in [0.2, 0.25) is 0 Å². The zero-order valence-electron chi connectivity index (χ0n) is 8.01. The Labute approximate surface area is 97.2 Å². The zero-order valence-corrected chi connectivity index (χ0v) is 8.01. The minimum Gasteiger partial charge on any atom is -0.481 e. The largest absolute Gasteiger partial charge is 0.481 e. The maximum Gasteiger partial charge on any atom is 0.316 e. The van der Waals surface area contributed by atoms with Crippen LogP contribution in [0.1, 0.15) is 58.3 Å². The lowest BCUT2D eigenvalue weighted by Gasteiger charge is -1.98. The molecule has 0 radical (unpaired) electrons. The fourth-order valence-electron chi connectivity index (χ4n) is 1.23. The van der Waals surface area contributed by atoms with E-state index in [2.05, 4.69) is 6.92 Å². The van der Waals surface area contributed by atoms with E-state index in [0.717, 1.165) is 12.8 Å². The first-order valence-electron chi connectivity index (χ1n) is 4.99. The summed E-state index contributed by atoms with van der Waals surface area (Å²) in [5, 5.41) is 8.35. The molecule has 76 valence electrons. The molecule has 0 aromatic rings. The van der Waals surface area contributed by atoms with E-state index < -0.39 is 5.97 Å². The Hall–Kier alpha value is 0.236. The molecule has 0 amide bonds. The second-order valence-corrected chi connectivity index (χ2v) is 3.27. The topological polar surface area (TPSA) is 37.3 Å². The number of unbranched alkanes of at least 4 members (excludes halogenated alkanes) is 6. The molecule has 0 unspecified atom stereocenters. The van der Waals surface area contributed by atoms with Crippen LogP contribution in [0.2, 0.25) is 0 Å². The molecule has 0 aliphatic rings. The molecule has 0 spiro atoms. The SMILES string of the molecule is CCCCCCCCCC(=O)O.[MgH2]. The molecule has 13 heavy (non-hydrogen) atoms. The normalized spacial score (nSPS) is 9.31. The molecule has 0 aliphatic heterocycles. The van der Waals surface area contributed by atoms with Crippen LogP contribution in [0.25, 0.3) is 0 Å². The van der Waals surface area contributed by atoms with E-state index in [1.54, 1.807) is 0 Å². The first kappa shape index (κ1) is 15.7. The highest BCUT2D eigenvalue weighted by atomic mass is 24.3. The molecular formula is C10H22MgO2. The molecule has 0 fully saturated rings. The van der Waals surface area contributed by atoms with Gasteiger partial charge in [-0.2, -0.15) is 0 Å². The Kier molecular flexibility index (Phi) is 14.8. The second-order valence-electron chi connectivity index (χ2n) is 3.27. The molecule has 0 aliphatic carbocycles. The lowest BCUT2D eigenvalue weighted by Crippen LogP contribution is -1.93. The van der Waals surface area contributed by atoms with Gasteiger partial charge in [0.05, 0.1) is 0 Å². The van der Waals surface area contributed by atoms with Crippen molar-refractivity contribution in [1.29, 1.82) is 0 Å². The third-order valence-electron chi connectivity index (χ3n) is 1.99. The molecular weight excluding hydrogens is 176 g/mol. The first-order valence-corrected chi connectivity index (χ1v) is 4.99. The highest BCUT2D eigenvalue weighted by molar-refractivity contribution is 5.75. The van der Waals surface area contributed by atoms with Crippen LogP contribution in [0, 0.1) is 0 Å². The van der Waals surface area contributed by atoms with Crippen molar-refractivity contribution in [2.24, 2.45) is 0 Å². The predicted molar refractivity (Wildman–Crippen MR) is 58.8 cm³/mol. The van der Waals surface area contributed by atoms with Crippen LogP contribution in [-0.4, -0.2) is 34.1 Å². The molecule has 0 rings (SSSR count). The fourth-order valence-corrected chi connectivity index (χ4v) is 1.23. The van der Waals surface area contributed by atoms with Gasteiger partial charge in [0, 0.05) is 6.42 Å². The van der Waals surface area contributed by atoms with Crippen molar-refractivity contribution in [1.82, 2.24) is 0 Å². The third kappa shape index (κ3) is 15.0. The van der Waals surface area contributed by atoms with E-state index in [0.29, 0.717) is 6.42 Å². The minimum atomic E-state index is -0.663. The number of rotatable bonds is 8. The van der Waals surface area contributed by atoms with Gasteiger partial charge < -0.3 is 5.11 Å². The van der Waals surface area contributed by atoms with Gasteiger partial charge in [0.25, 0.3) is 0 Å². The maximum absolute atomic E-state index is 10.1. The van der Waals surface area contributed by atoms with Gasteiger partial charge >= 0.3 is 29.0 Å². The average Bonchev–Trinajstić information content (AvgIpc) is 2.02. The van der Waals surface area contributed by atoms with Crippen molar-refractivity contribution in [2.45, 2.75) is 58.3 Å². The lowest BCUT2D eigenvalue weighted by molar-refractivity contribution is -0.137. The fraction of sp³-hybridized carbons (Fsp3) is 0.900. The van der Waals surface area contributed by atoms with E-state index in [-0.39, 0.29) is 23.1 Å². The molecule has 0 atom stereocenters. The van der Waals surface area contributed by atoms with E-state index in [1.807, 2.05) is 0 Å². The molecule has 0 bridgehead atoms. The van der Waals surface area contributed by atoms with Gasteiger partial charge in [-0.15, -0.1) is 0 Å². The van der Waals surface area contributed by atoms with Gasteiger partial charge in [0.1, 0.15) is 0 Å². The molecule has 3 heteroatoms. The van der Waals surface area contributed by atoms with E-state index >= 15 is 0 Å². The number of hydrogen-bond donors (Lipinski definition) is 1. The van der Waals surface area contributed by atoms with Crippen LogP contribution in [0.3, 0.4) is 0 Å². The van der Waals surface area contributed by atoms with E-state index in [1.165, 1.54) is 32.1 Å². The smallest absolute Gasteiger partial charge is 0.316 e. The van der Waals surface area contributed by atoms with Crippen molar-refractivity contribution in [2.75, 3.05) is 0 Å². The lowest BCUT2D eigenvalue weighted by atomic mass is 10.1. The highest BCUT2D eigenvalue weighted by Crippen LogP contribution is 2.07. The number of carboxylic acids is 1. The zero-order chi connectivity index (χ0) is 9.23. The summed E-state index contributed by atoms with van der Waals surface area (Å²) in [6, 6.07) is 0. The van der Waals surface area contributed by atoms with Gasteiger partial charge in [-0.25, -0.2) is 0 Å². The number of hydrogen-bond acceptors (Lipinski definition) is 1. The predicted octanol–water partition coefficient (Wildman–Crippen LogP) is 2.30.